The van der Waals surface area contributed by atoms with Crippen molar-refractivity contribution in [3.63, 3.8) is 0 Å². The van der Waals surface area contributed by atoms with Gasteiger partial charge in [-0.25, -0.2) is 13.4 Å². The molecule has 0 spiro atoms. The monoisotopic (exact) mass is 302 g/mol. The van der Waals surface area contributed by atoms with Crippen LogP contribution in [0.25, 0.3) is 0 Å². The zero-order chi connectivity index (χ0) is 13.6. The van der Waals surface area contributed by atoms with E-state index in [2.05, 4.69) is 10.3 Å². The van der Waals surface area contributed by atoms with Crippen molar-refractivity contribution >= 4 is 32.3 Å². The third kappa shape index (κ3) is 2.46. The zero-order valence-corrected chi connectivity index (χ0v) is 11.8. The first-order chi connectivity index (χ1) is 8.94. The maximum Gasteiger partial charge on any atom is 0.312 e. The lowest BCUT2D eigenvalue weighted by Gasteiger charge is -2.09. The average Bonchev–Trinajstić information content (AvgIpc) is 2.92. The van der Waals surface area contributed by atoms with Gasteiger partial charge in [0.15, 0.2) is 15.0 Å². The van der Waals surface area contributed by atoms with Crippen LogP contribution in [0.2, 0.25) is 0 Å². The molecule has 1 aliphatic heterocycles. The van der Waals surface area contributed by atoms with Crippen LogP contribution in [-0.2, 0) is 21.1 Å². The van der Waals surface area contributed by atoms with Crippen molar-refractivity contribution in [3.8, 4) is 0 Å². The van der Waals surface area contributed by atoms with Crippen molar-refractivity contribution in [2.45, 2.75) is 31.2 Å². The van der Waals surface area contributed by atoms with Crippen LogP contribution in [0.1, 0.15) is 29.3 Å². The highest BCUT2D eigenvalue weighted by Gasteiger charge is 2.33. The predicted molar refractivity (Wildman–Crippen MR) is 71.5 cm³/mol. The number of hydrogen-bond donors (Lipinski definition) is 2. The first kappa shape index (κ1) is 12.9. The Morgan fingerprint density at radius 3 is 2.84 bits per heavy atom. The van der Waals surface area contributed by atoms with E-state index in [1.807, 2.05) is 0 Å². The van der Waals surface area contributed by atoms with Crippen molar-refractivity contribution in [2.75, 3.05) is 16.8 Å². The number of hydrogen-bond acceptors (Lipinski definition) is 6. The Kier molecular flexibility index (Phi) is 3.01. The van der Waals surface area contributed by atoms with E-state index in [-0.39, 0.29) is 17.5 Å². The minimum atomic E-state index is -2.91. The quantitative estimate of drug-likeness (QED) is 0.859. The summed E-state index contributed by atoms with van der Waals surface area (Å²) in [6.07, 6.45) is 1.95. The van der Waals surface area contributed by atoms with E-state index in [1.165, 1.54) is 11.3 Å². The third-order valence-corrected chi connectivity index (χ3v) is 6.41. The first-order valence-electron chi connectivity index (χ1n) is 6.14. The summed E-state index contributed by atoms with van der Waals surface area (Å²) >= 11 is 1.45. The summed E-state index contributed by atoms with van der Waals surface area (Å²) in [4.78, 5) is 16.4. The van der Waals surface area contributed by atoms with Gasteiger partial charge in [0.1, 0.15) is 5.92 Å². The molecule has 2 unspecified atom stereocenters. The van der Waals surface area contributed by atoms with Crippen molar-refractivity contribution in [1.82, 2.24) is 4.98 Å². The average molecular weight is 302 g/mol. The van der Waals surface area contributed by atoms with Crippen molar-refractivity contribution in [1.29, 1.82) is 0 Å². The lowest BCUT2D eigenvalue weighted by Crippen LogP contribution is -2.20. The Hall–Kier alpha value is -1.15. The first-order valence-corrected chi connectivity index (χ1v) is 8.78. The summed E-state index contributed by atoms with van der Waals surface area (Å²) in [6.45, 7) is 0. The summed E-state index contributed by atoms with van der Waals surface area (Å²) in [6, 6.07) is -0.0976. The summed E-state index contributed by atoms with van der Waals surface area (Å²) in [5, 5.41) is 12.9. The van der Waals surface area contributed by atoms with E-state index in [0.29, 0.717) is 23.7 Å². The van der Waals surface area contributed by atoms with Crippen molar-refractivity contribution < 1.29 is 18.3 Å². The van der Waals surface area contributed by atoms with Gasteiger partial charge in [-0.2, -0.15) is 0 Å². The van der Waals surface area contributed by atoms with Gasteiger partial charge in [-0.15, -0.1) is 11.3 Å². The fourth-order valence-corrected chi connectivity index (χ4v) is 5.40. The van der Waals surface area contributed by atoms with Gasteiger partial charge in [0.25, 0.3) is 0 Å². The van der Waals surface area contributed by atoms with E-state index in [1.54, 1.807) is 0 Å². The minimum absolute atomic E-state index is 0.0976. The molecule has 8 heteroatoms. The molecule has 1 fully saturated rings. The summed E-state index contributed by atoms with van der Waals surface area (Å²) in [5.41, 5.74) is 0.654. The van der Waals surface area contributed by atoms with Crippen LogP contribution >= 0.6 is 11.3 Å². The summed E-state index contributed by atoms with van der Waals surface area (Å²) in [7, 11) is -2.91. The topological polar surface area (TPSA) is 96.4 Å². The van der Waals surface area contributed by atoms with Gasteiger partial charge in [0.2, 0.25) is 0 Å². The molecule has 1 aliphatic carbocycles. The molecule has 3 rings (SSSR count). The molecule has 19 heavy (non-hydrogen) atoms. The number of carbonyl (C=O) groups is 1. The molecule has 2 heterocycles. The lowest BCUT2D eigenvalue weighted by atomic mass is 10.1. The van der Waals surface area contributed by atoms with E-state index in [0.717, 1.165) is 11.3 Å². The molecule has 0 radical (unpaired) electrons. The highest BCUT2D eigenvalue weighted by Crippen LogP contribution is 2.38. The van der Waals surface area contributed by atoms with Gasteiger partial charge in [0, 0.05) is 10.9 Å². The number of carboxylic acid groups (broad SMARTS) is 1. The molecule has 0 saturated carbocycles. The van der Waals surface area contributed by atoms with Crippen LogP contribution in [0.15, 0.2) is 0 Å². The molecule has 2 N–H and O–H groups in total. The van der Waals surface area contributed by atoms with Crippen LogP contribution in [0.3, 0.4) is 0 Å². The van der Waals surface area contributed by atoms with Crippen LogP contribution in [-0.4, -0.2) is 42.0 Å². The number of nitrogens with one attached hydrogen (secondary N) is 1. The molecular weight excluding hydrogens is 288 g/mol. The molecule has 1 aromatic rings. The zero-order valence-electron chi connectivity index (χ0n) is 10.1. The maximum absolute atomic E-state index is 11.4. The predicted octanol–water partition coefficient (Wildman–Crippen LogP) is 0.857. The van der Waals surface area contributed by atoms with Gasteiger partial charge < -0.3 is 10.4 Å². The number of aromatic nitrogens is 1. The van der Waals surface area contributed by atoms with Crippen LogP contribution in [0.5, 0.6) is 0 Å². The fraction of sp³-hybridized carbons (Fsp3) is 0.636. The minimum Gasteiger partial charge on any atom is -0.481 e. The second-order valence-corrected chi connectivity index (χ2v) is 8.31. The van der Waals surface area contributed by atoms with Crippen LogP contribution < -0.4 is 5.32 Å². The second kappa shape index (κ2) is 4.45. The molecule has 0 amide bonds. The fourth-order valence-electron chi connectivity index (χ4n) is 2.61. The Morgan fingerprint density at radius 2 is 2.21 bits per heavy atom. The highest BCUT2D eigenvalue weighted by molar-refractivity contribution is 7.91. The normalized spacial score (nSPS) is 28.2. The number of anilines is 1. The number of aliphatic carboxylic acids is 1. The second-order valence-electron chi connectivity index (χ2n) is 5.00. The summed E-state index contributed by atoms with van der Waals surface area (Å²) in [5.74, 6) is -0.985. The van der Waals surface area contributed by atoms with Gasteiger partial charge in [0.05, 0.1) is 17.2 Å². The lowest BCUT2D eigenvalue weighted by molar-refractivity contribution is -0.138. The number of nitrogens with zero attached hydrogens (tertiary/aromatic N) is 1. The molecule has 1 saturated heterocycles. The molecule has 1 aromatic heterocycles. The van der Waals surface area contributed by atoms with E-state index >= 15 is 0 Å². The van der Waals surface area contributed by atoms with Crippen LogP contribution in [0, 0.1) is 0 Å². The number of rotatable bonds is 3. The SMILES string of the molecule is O=C(O)C1CCc2sc(NC3CCS(=O)(=O)C3)nc21. The summed E-state index contributed by atoms with van der Waals surface area (Å²) < 4.78 is 22.8. The Balaban J connectivity index is 1.75. The Morgan fingerprint density at radius 1 is 1.42 bits per heavy atom. The standard InChI is InChI=1S/C11H14N2O4S2/c14-10(15)7-1-2-8-9(7)13-11(18-8)12-6-3-4-19(16,17)5-6/h6-7H,1-5H2,(H,12,13)(H,14,15). The molecule has 2 atom stereocenters. The number of fused-ring (bicyclic) bond motifs is 1. The molecule has 104 valence electrons. The number of thiazole rings is 1. The Labute approximate surface area is 114 Å². The van der Waals surface area contributed by atoms with E-state index in [4.69, 9.17) is 5.11 Å². The Bertz CT molecular complexity index is 623. The molecule has 0 bridgehead atoms. The number of aryl methyl sites for hydroxylation is 1. The molecule has 2 aliphatic rings. The maximum atomic E-state index is 11.4. The van der Waals surface area contributed by atoms with E-state index in [9.17, 15) is 13.2 Å². The van der Waals surface area contributed by atoms with Crippen molar-refractivity contribution in [3.05, 3.63) is 10.6 Å². The molecule has 0 aromatic carbocycles. The highest BCUT2D eigenvalue weighted by atomic mass is 32.2. The van der Waals surface area contributed by atoms with Crippen molar-refractivity contribution in [2.24, 2.45) is 0 Å². The van der Waals surface area contributed by atoms with Crippen LogP contribution in [0.4, 0.5) is 5.13 Å². The van der Waals surface area contributed by atoms with E-state index < -0.39 is 21.7 Å². The van der Waals surface area contributed by atoms with Gasteiger partial charge in [-0.05, 0) is 19.3 Å². The third-order valence-electron chi connectivity index (χ3n) is 3.58. The van der Waals surface area contributed by atoms with Gasteiger partial charge in [-0.1, -0.05) is 0 Å². The number of sulfone groups is 1. The van der Waals surface area contributed by atoms with Gasteiger partial charge in [-0.3, -0.25) is 4.79 Å². The largest absolute Gasteiger partial charge is 0.481 e. The van der Waals surface area contributed by atoms with Gasteiger partial charge >= 0.3 is 5.97 Å². The molecule has 6 nitrogen and oxygen atoms in total. The molecular formula is C11H14N2O4S2. The number of carboxylic acids is 1. The smallest absolute Gasteiger partial charge is 0.312 e.